The van der Waals surface area contributed by atoms with Crippen molar-refractivity contribution in [2.75, 3.05) is 6.26 Å². The fourth-order valence-electron chi connectivity index (χ4n) is 0.638. The second kappa shape index (κ2) is 2.31. The van der Waals surface area contributed by atoms with Crippen LogP contribution in [0, 0.1) is 6.92 Å². The fourth-order valence-corrected chi connectivity index (χ4v) is 1.28. The second-order valence-corrected chi connectivity index (χ2v) is 2.96. The highest BCUT2D eigenvalue weighted by atomic mass is 32.2. The van der Waals surface area contributed by atoms with Gasteiger partial charge in [-0.15, -0.1) is 0 Å². The van der Waals surface area contributed by atoms with E-state index < -0.39 is 11.0 Å². The lowest BCUT2D eigenvalue weighted by Crippen LogP contribution is -2.01. The summed E-state index contributed by atoms with van der Waals surface area (Å²) in [6, 6.07) is 0. The van der Waals surface area contributed by atoms with Crippen LogP contribution >= 0.6 is 0 Å². The highest BCUT2D eigenvalue weighted by Crippen LogP contribution is 1.94. The van der Waals surface area contributed by atoms with Crippen molar-refractivity contribution >= 4 is 11.0 Å². The van der Waals surface area contributed by atoms with Crippen LogP contribution < -0.4 is 0 Å². The van der Waals surface area contributed by atoms with Gasteiger partial charge in [-0.2, -0.15) is 0 Å². The van der Waals surface area contributed by atoms with Crippen molar-refractivity contribution < 1.29 is 4.21 Å². The Kier molecular flexibility index (Phi) is 1.66. The summed E-state index contributed by atoms with van der Waals surface area (Å²) in [7, 11) is -0.955. The summed E-state index contributed by atoms with van der Waals surface area (Å²) in [6.07, 6.45) is 4.96. The van der Waals surface area contributed by atoms with Gasteiger partial charge in [-0.3, -0.25) is 3.97 Å². The maximum absolute atomic E-state index is 10.8. The normalized spacial score (nSPS) is 13.6. The molecule has 9 heavy (non-hydrogen) atoms. The molecule has 4 heteroatoms. The number of aryl methyl sites for hydroxylation is 1. The third-order valence-electron chi connectivity index (χ3n) is 1.06. The van der Waals surface area contributed by atoms with Gasteiger partial charge in [-0.25, -0.2) is 9.19 Å². The molecular formula is C5H8N2OS. The first-order chi connectivity index (χ1) is 4.22. The SMILES string of the molecule is Cc1nccn1S(C)=O. The van der Waals surface area contributed by atoms with Crippen molar-refractivity contribution in [3.05, 3.63) is 18.2 Å². The molecular weight excluding hydrogens is 136 g/mol. The first kappa shape index (κ1) is 6.48. The molecule has 0 spiro atoms. The molecule has 0 aromatic carbocycles. The first-order valence-electron chi connectivity index (χ1n) is 2.55. The molecule has 1 aromatic heterocycles. The smallest absolute Gasteiger partial charge is 0.121 e. The van der Waals surface area contributed by atoms with E-state index in [1.807, 2.05) is 6.92 Å². The molecule has 0 saturated heterocycles. The van der Waals surface area contributed by atoms with Crippen molar-refractivity contribution in [3.8, 4) is 0 Å². The van der Waals surface area contributed by atoms with Crippen LogP contribution in [0.3, 0.4) is 0 Å². The van der Waals surface area contributed by atoms with Crippen LogP contribution in [0.15, 0.2) is 12.4 Å². The fraction of sp³-hybridized carbons (Fsp3) is 0.400. The molecule has 1 rings (SSSR count). The molecule has 0 aliphatic carbocycles. The Labute approximate surface area is 56.3 Å². The van der Waals surface area contributed by atoms with Gasteiger partial charge in [-0.1, -0.05) is 0 Å². The van der Waals surface area contributed by atoms with Crippen LogP contribution in [0.5, 0.6) is 0 Å². The van der Waals surface area contributed by atoms with Gasteiger partial charge in [0.25, 0.3) is 0 Å². The highest BCUT2D eigenvalue weighted by molar-refractivity contribution is 7.82. The summed E-state index contributed by atoms with van der Waals surface area (Å²) in [5.74, 6) is 0.788. The molecule has 1 heterocycles. The summed E-state index contributed by atoms with van der Waals surface area (Å²) in [5, 5.41) is 0. The Hall–Kier alpha value is -0.640. The summed E-state index contributed by atoms with van der Waals surface area (Å²) in [4.78, 5) is 3.91. The molecule has 50 valence electrons. The molecule has 0 N–H and O–H groups in total. The van der Waals surface area contributed by atoms with Crippen LogP contribution in [-0.2, 0) is 11.0 Å². The summed E-state index contributed by atoms with van der Waals surface area (Å²) in [5.41, 5.74) is 0. The molecule has 1 aromatic rings. The van der Waals surface area contributed by atoms with Crippen LogP contribution in [0.2, 0.25) is 0 Å². The average molecular weight is 144 g/mol. The third-order valence-corrected chi connectivity index (χ3v) is 2.00. The second-order valence-electron chi connectivity index (χ2n) is 1.72. The minimum Gasteiger partial charge on any atom is -0.253 e. The van der Waals surface area contributed by atoms with Crippen molar-refractivity contribution in [1.29, 1.82) is 0 Å². The van der Waals surface area contributed by atoms with Gasteiger partial charge in [0.1, 0.15) is 16.8 Å². The number of nitrogens with zero attached hydrogens (tertiary/aromatic N) is 2. The average Bonchev–Trinajstić information content (AvgIpc) is 2.13. The van der Waals surface area contributed by atoms with Crippen molar-refractivity contribution in [3.63, 3.8) is 0 Å². The molecule has 0 aliphatic heterocycles. The zero-order valence-corrected chi connectivity index (χ0v) is 6.18. The lowest BCUT2D eigenvalue weighted by atomic mass is 10.8. The summed E-state index contributed by atoms with van der Waals surface area (Å²) < 4.78 is 12.4. The Morgan fingerprint density at radius 2 is 2.44 bits per heavy atom. The van der Waals surface area contributed by atoms with Gasteiger partial charge in [0.05, 0.1) is 0 Å². The minimum atomic E-state index is -0.955. The quantitative estimate of drug-likeness (QED) is 0.569. The van der Waals surface area contributed by atoms with E-state index in [9.17, 15) is 4.21 Å². The molecule has 0 aliphatic rings. The molecule has 0 saturated carbocycles. The largest absolute Gasteiger partial charge is 0.253 e. The highest BCUT2D eigenvalue weighted by Gasteiger charge is 1.96. The lowest BCUT2D eigenvalue weighted by Gasteiger charge is -1.95. The predicted molar refractivity (Wildman–Crippen MR) is 36.4 cm³/mol. The first-order valence-corrected chi connectivity index (χ1v) is 4.07. The van der Waals surface area contributed by atoms with E-state index in [1.165, 1.54) is 0 Å². The van der Waals surface area contributed by atoms with E-state index in [4.69, 9.17) is 0 Å². The van der Waals surface area contributed by atoms with Gasteiger partial charge >= 0.3 is 0 Å². The Morgan fingerprint density at radius 3 is 2.67 bits per heavy atom. The van der Waals surface area contributed by atoms with E-state index in [-0.39, 0.29) is 0 Å². The van der Waals surface area contributed by atoms with E-state index in [0.29, 0.717) is 0 Å². The number of rotatable bonds is 1. The maximum atomic E-state index is 10.8. The Balaban J connectivity index is 3.08. The van der Waals surface area contributed by atoms with Gasteiger partial charge < -0.3 is 0 Å². The topological polar surface area (TPSA) is 34.9 Å². The predicted octanol–water partition coefficient (Wildman–Crippen LogP) is 0.333. The van der Waals surface area contributed by atoms with Crippen molar-refractivity contribution in [1.82, 2.24) is 8.96 Å². The van der Waals surface area contributed by atoms with Crippen LogP contribution in [-0.4, -0.2) is 19.4 Å². The molecule has 0 amide bonds. The molecule has 1 atom stereocenters. The monoisotopic (exact) mass is 144 g/mol. The minimum absolute atomic E-state index is 0.788. The zero-order chi connectivity index (χ0) is 6.85. The van der Waals surface area contributed by atoms with Gasteiger partial charge in [0.2, 0.25) is 0 Å². The third kappa shape index (κ3) is 1.18. The molecule has 3 nitrogen and oxygen atoms in total. The standard InChI is InChI=1S/C5H8N2OS/c1-5-6-3-4-7(5)9(2)8/h3-4H,1-2H3. The van der Waals surface area contributed by atoms with Crippen molar-refractivity contribution in [2.45, 2.75) is 6.92 Å². The van der Waals surface area contributed by atoms with E-state index in [1.54, 1.807) is 22.6 Å². The van der Waals surface area contributed by atoms with Gasteiger partial charge in [0.15, 0.2) is 0 Å². The van der Waals surface area contributed by atoms with Crippen LogP contribution in [0.4, 0.5) is 0 Å². The number of imidazole rings is 1. The Bertz CT molecular complexity index is 231. The Morgan fingerprint density at radius 1 is 1.78 bits per heavy atom. The van der Waals surface area contributed by atoms with Crippen LogP contribution in [0.1, 0.15) is 5.82 Å². The van der Waals surface area contributed by atoms with E-state index in [0.717, 1.165) is 5.82 Å². The number of aromatic nitrogens is 2. The molecule has 1 unspecified atom stereocenters. The van der Waals surface area contributed by atoms with Crippen LogP contribution in [0.25, 0.3) is 0 Å². The summed E-state index contributed by atoms with van der Waals surface area (Å²) in [6.45, 7) is 1.82. The number of hydrogen-bond acceptors (Lipinski definition) is 2. The molecule has 0 radical (unpaired) electrons. The molecule has 0 bridgehead atoms. The maximum Gasteiger partial charge on any atom is 0.121 e. The number of hydrogen-bond donors (Lipinski definition) is 0. The van der Waals surface area contributed by atoms with Gasteiger partial charge in [0, 0.05) is 18.6 Å². The van der Waals surface area contributed by atoms with Gasteiger partial charge in [-0.05, 0) is 6.92 Å². The van der Waals surface area contributed by atoms with E-state index >= 15 is 0 Å². The zero-order valence-electron chi connectivity index (χ0n) is 5.37. The van der Waals surface area contributed by atoms with Crippen molar-refractivity contribution in [2.24, 2.45) is 0 Å². The summed E-state index contributed by atoms with van der Waals surface area (Å²) >= 11 is 0. The lowest BCUT2D eigenvalue weighted by molar-refractivity contribution is 0.680. The molecule has 0 fully saturated rings. The van der Waals surface area contributed by atoms with E-state index in [2.05, 4.69) is 4.98 Å².